The highest BCUT2D eigenvalue weighted by molar-refractivity contribution is 6.18. The van der Waals surface area contributed by atoms with Crippen LogP contribution in [0, 0.1) is 0 Å². The van der Waals surface area contributed by atoms with Gasteiger partial charge < -0.3 is 18.1 Å². The Morgan fingerprint density at radius 1 is 0.276 bits per heavy atom. The van der Waals surface area contributed by atoms with Crippen LogP contribution >= 0.6 is 0 Å². The quantitative estimate of drug-likeness (QED) is 0.177. The lowest BCUT2D eigenvalue weighted by Gasteiger charge is -2.10. The standard InChI is InChI=1S/C54H33N3O/c1-2-13-35(14-3-1)55-49-23-11-7-18-42(49)54-38(19-12-24-51(54)55)34-25-28-50-43(31-34)41-17-6-10-22-48(41)57(50)37-27-30-53-45(33-37)44-32-36(26-29-52(44)58-53)56-46-20-8-4-15-39(46)40-16-5-9-21-47(40)56/h1-33H. The predicted octanol–water partition coefficient (Wildman–Crippen LogP) is 14.5. The number of rotatable bonds is 4. The second-order valence-electron chi connectivity index (χ2n) is 15.3. The van der Waals surface area contributed by atoms with Gasteiger partial charge in [0.05, 0.1) is 33.1 Å². The Kier molecular flexibility index (Phi) is 6.41. The van der Waals surface area contributed by atoms with E-state index < -0.39 is 0 Å². The lowest BCUT2D eigenvalue weighted by Crippen LogP contribution is -1.94. The summed E-state index contributed by atoms with van der Waals surface area (Å²) >= 11 is 0. The summed E-state index contributed by atoms with van der Waals surface area (Å²) in [6.45, 7) is 0. The topological polar surface area (TPSA) is 27.9 Å². The molecular weight excluding hydrogens is 707 g/mol. The molecule has 4 nitrogen and oxygen atoms in total. The smallest absolute Gasteiger partial charge is 0.135 e. The first-order valence-corrected chi connectivity index (χ1v) is 19.8. The van der Waals surface area contributed by atoms with Gasteiger partial charge in [-0.2, -0.15) is 0 Å². The van der Waals surface area contributed by atoms with Gasteiger partial charge in [-0.25, -0.2) is 0 Å². The van der Waals surface area contributed by atoms with E-state index in [9.17, 15) is 0 Å². The number of benzene rings is 9. The van der Waals surface area contributed by atoms with E-state index in [-0.39, 0.29) is 0 Å². The van der Waals surface area contributed by atoms with Crippen molar-refractivity contribution in [1.29, 1.82) is 0 Å². The lowest BCUT2D eigenvalue weighted by atomic mass is 9.98. The van der Waals surface area contributed by atoms with E-state index in [1.807, 2.05) is 0 Å². The normalized spacial score (nSPS) is 12.1. The number of hydrogen-bond acceptors (Lipinski definition) is 1. The summed E-state index contributed by atoms with van der Waals surface area (Å²) < 4.78 is 13.7. The Morgan fingerprint density at radius 2 is 0.741 bits per heavy atom. The third-order valence-electron chi connectivity index (χ3n) is 12.2. The highest BCUT2D eigenvalue weighted by Gasteiger charge is 2.20. The molecule has 270 valence electrons. The van der Waals surface area contributed by atoms with Gasteiger partial charge in [0, 0.05) is 60.2 Å². The Morgan fingerprint density at radius 3 is 1.34 bits per heavy atom. The number of furan rings is 1. The van der Waals surface area contributed by atoms with Crippen LogP contribution in [0.4, 0.5) is 0 Å². The third kappa shape index (κ3) is 4.34. The fourth-order valence-corrected chi connectivity index (χ4v) is 9.77. The average Bonchev–Trinajstić information content (AvgIpc) is 4.02. The number of nitrogens with zero attached hydrogens (tertiary/aromatic N) is 3. The predicted molar refractivity (Wildman–Crippen MR) is 242 cm³/mol. The summed E-state index contributed by atoms with van der Waals surface area (Å²) in [5, 5.41) is 9.67. The highest BCUT2D eigenvalue weighted by atomic mass is 16.3. The van der Waals surface area contributed by atoms with Crippen molar-refractivity contribution in [3.05, 3.63) is 200 Å². The Bertz CT molecular complexity index is 3750. The molecule has 4 heterocycles. The van der Waals surface area contributed by atoms with E-state index >= 15 is 0 Å². The fraction of sp³-hybridized carbons (Fsp3) is 0. The van der Waals surface area contributed by atoms with Gasteiger partial charge in [0.2, 0.25) is 0 Å². The molecule has 0 spiro atoms. The molecule has 4 aromatic heterocycles. The summed E-state index contributed by atoms with van der Waals surface area (Å²) in [5.74, 6) is 0. The maximum absolute atomic E-state index is 6.49. The second-order valence-corrected chi connectivity index (χ2v) is 15.3. The fourth-order valence-electron chi connectivity index (χ4n) is 9.77. The first kappa shape index (κ1) is 31.4. The van der Waals surface area contributed by atoms with Gasteiger partial charge in [0.25, 0.3) is 0 Å². The molecule has 0 aliphatic rings. The molecule has 58 heavy (non-hydrogen) atoms. The Hall–Kier alpha value is -7.82. The van der Waals surface area contributed by atoms with Crippen LogP contribution in [0.5, 0.6) is 0 Å². The molecule has 13 aromatic rings. The van der Waals surface area contributed by atoms with E-state index in [4.69, 9.17) is 4.42 Å². The minimum Gasteiger partial charge on any atom is -0.456 e. The maximum Gasteiger partial charge on any atom is 0.135 e. The molecule has 0 saturated heterocycles. The van der Waals surface area contributed by atoms with Gasteiger partial charge in [-0.05, 0) is 102 Å². The molecule has 0 fully saturated rings. The van der Waals surface area contributed by atoms with Crippen LogP contribution in [0.25, 0.3) is 116 Å². The molecule has 0 bridgehead atoms. The van der Waals surface area contributed by atoms with Crippen molar-refractivity contribution in [3.63, 3.8) is 0 Å². The SMILES string of the molecule is c1ccc(-n2c3ccccc3c3c(-c4ccc5c(c4)c4ccccc4n5-c4ccc5oc6ccc(-n7c8ccccc8c8ccccc87)cc6c5c4)cccc32)cc1. The van der Waals surface area contributed by atoms with Gasteiger partial charge in [-0.15, -0.1) is 0 Å². The summed E-state index contributed by atoms with van der Waals surface area (Å²) in [6, 6.07) is 72.5. The van der Waals surface area contributed by atoms with Crippen molar-refractivity contribution in [2.75, 3.05) is 0 Å². The van der Waals surface area contributed by atoms with Crippen LogP contribution in [0.3, 0.4) is 0 Å². The first-order chi connectivity index (χ1) is 28.8. The van der Waals surface area contributed by atoms with E-state index in [1.165, 1.54) is 76.5 Å². The minimum absolute atomic E-state index is 0.879. The zero-order chi connectivity index (χ0) is 37.9. The number of hydrogen-bond donors (Lipinski definition) is 0. The van der Waals surface area contributed by atoms with Gasteiger partial charge in [0.15, 0.2) is 0 Å². The van der Waals surface area contributed by atoms with Crippen molar-refractivity contribution in [1.82, 2.24) is 13.7 Å². The molecule has 13 rings (SSSR count). The summed E-state index contributed by atoms with van der Waals surface area (Å²) in [7, 11) is 0. The van der Waals surface area contributed by atoms with Crippen molar-refractivity contribution < 1.29 is 4.42 Å². The van der Waals surface area contributed by atoms with Gasteiger partial charge in [-0.1, -0.05) is 109 Å². The minimum atomic E-state index is 0.879. The van der Waals surface area contributed by atoms with Crippen LogP contribution in [-0.4, -0.2) is 13.7 Å². The zero-order valence-electron chi connectivity index (χ0n) is 31.3. The Balaban J connectivity index is 1.00. The first-order valence-electron chi connectivity index (χ1n) is 19.8. The van der Waals surface area contributed by atoms with Gasteiger partial charge >= 0.3 is 0 Å². The molecule has 0 aliphatic heterocycles. The number of aromatic nitrogens is 3. The number of para-hydroxylation sites is 5. The largest absolute Gasteiger partial charge is 0.456 e. The molecule has 4 heteroatoms. The van der Waals surface area contributed by atoms with Crippen LogP contribution in [0.1, 0.15) is 0 Å². The van der Waals surface area contributed by atoms with Crippen LogP contribution < -0.4 is 0 Å². The van der Waals surface area contributed by atoms with Crippen molar-refractivity contribution in [2.24, 2.45) is 0 Å². The van der Waals surface area contributed by atoms with E-state index in [2.05, 4.69) is 214 Å². The molecule has 0 N–H and O–H groups in total. The van der Waals surface area contributed by atoms with Crippen LogP contribution in [0.2, 0.25) is 0 Å². The van der Waals surface area contributed by atoms with Gasteiger partial charge in [-0.3, -0.25) is 0 Å². The molecule has 0 aliphatic carbocycles. The summed E-state index contributed by atoms with van der Waals surface area (Å²) in [6.07, 6.45) is 0. The van der Waals surface area contributed by atoms with E-state index in [0.29, 0.717) is 0 Å². The summed E-state index contributed by atoms with van der Waals surface area (Å²) in [4.78, 5) is 0. The molecular formula is C54H33N3O. The van der Waals surface area contributed by atoms with Crippen molar-refractivity contribution in [3.8, 4) is 28.2 Å². The molecule has 0 amide bonds. The molecule has 9 aromatic carbocycles. The average molecular weight is 740 g/mol. The molecule has 0 radical (unpaired) electrons. The molecule has 0 saturated carbocycles. The van der Waals surface area contributed by atoms with Gasteiger partial charge in [0.1, 0.15) is 11.2 Å². The maximum atomic E-state index is 6.49. The third-order valence-corrected chi connectivity index (χ3v) is 12.2. The Labute approximate surface area is 332 Å². The van der Waals surface area contributed by atoms with Crippen LogP contribution in [0.15, 0.2) is 205 Å². The highest BCUT2D eigenvalue weighted by Crippen LogP contribution is 2.42. The van der Waals surface area contributed by atoms with Crippen molar-refractivity contribution >= 4 is 87.4 Å². The zero-order valence-corrected chi connectivity index (χ0v) is 31.3. The monoisotopic (exact) mass is 739 g/mol. The lowest BCUT2D eigenvalue weighted by molar-refractivity contribution is 0.669. The number of fused-ring (bicyclic) bond motifs is 12. The van der Waals surface area contributed by atoms with E-state index in [0.717, 1.165) is 39.0 Å². The van der Waals surface area contributed by atoms with Crippen LogP contribution in [-0.2, 0) is 0 Å². The van der Waals surface area contributed by atoms with E-state index in [1.54, 1.807) is 0 Å². The summed E-state index contributed by atoms with van der Waals surface area (Å²) in [5.41, 5.74) is 14.7. The van der Waals surface area contributed by atoms with Crippen molar-refractivity contribution in [2.45, 2.75) is 0 Å². The second kappa shape index (κ2) is 11.8. The molecule has 0 unspecified atom stereocenters. The molecule has 0 atom stereocenters.